The summed E-state index contributed by atoms with van der Waals surface area (Å²) in [6.45, 7) is 3.14. The fourth-order valence-corrected chi connectivity index (χ4v) is 2.12. The first-order valence-electron chi connectivity index (χ1n) is 6.17. The minimum atomic E-state index is -0.430. The first kappa shape index (κ1) is 13.0. The van der Waals surface area contributed by atoms with E-state index in [1.165, 1.54) is 32.6 Å². The fraction of sp³-hybridized carbons (Fsp3) is 0.833. The van der Waals surface area contributed by atoms with Gasteiger partial charge in [-0.25, -0.2) is 0 Å². The Balaban J connectivity index is 2.34. The van der Waals surface area contributed by atoms with Crippen LogP contribution in [0.15, 0.2) is 0 Å². The van der Waals surface area contributed by atoms with E-state index in [4.69, 9.17) is 0 Å². The third-order valence-corrected chi connectivity index (χ3v) is 3.01. The zero-order valence-electron chi connectivity index (χ0n) is 10.2. The lowest BCUT2D eigenvalue weighted by molar-refractivity contribution is -0.128. The molecule has 92 valence electrons. The molecule has 1 unspecified atom stereocenters. The van der Waals surface area contributed by atoms with Crippen LogP contribution < -0.4 is 10.6 Å². The van der Waals surface area contributed by atoms with Gasteiger partial charge in [0.25, 0.3) is 0 Å². The average Bonchev–Trinajstić information content (AvgIpc) is 2.45. The minimum absolute atomic E-state index is 0.0675. The minimum Gasteiger partial charge on any atom is -0.352 e. The molecule has 0 saturated heterocycles. The molecule has 0 spiro atoms. The van der Waals surface area contributed by atoms with E-state index in [1.54, 1.807) is 6.92 Å². The molecule has 16 heavy (non-hydrogen) atoms. The van der Waals surface area contributed by atoms with Crippen LogP contribution in [0.1, 0.15) is 52.4 Å². The zero-order chi connectivity index (χ0) is 12.0. The zero-order valence-corrected chi connectivity index (χ0v) is 10.2. The number of rotatable bonds is 3. The number of hydrogen-bond acceptors (Lipinski definition) is 2. The molecule has 1 atom stereocenters. The van der Waals surface area contributed by atoms with Gasteiger partial charge in [-0.2, -0.15) is 0 Å². The smallest absolute Gasteiger partial charge is 0.242 e. The Hall–Kier alpha value is -1.06. The van der Waals surface area contributed by atoms with Gasteiger partial charge in [-0.15, -0.1) is 0 Å². The van der Waals surface area contributed by atoms with Crippen molar-refractivity contribution in [2.75, 3.05) is 0 Å². The molecule has 0 radical (unpaired) electrons. The van der Waals surface area contributed by atoms with Crippen molar-refractivity contribution in [1.82, 2.24) is 10.6 Å². The van der Waals surface area contributed by atoms with Gasteiger partial charge in [0.15, 0.2) is 0 Å². The molecule has 0 aromatic heterocycles. The summed E-state index contributed by atoms with van der Waals surface area (Å²) in [6.07, 6.45) is 7.07. The predicted octanol–water partition coefficient (Wildman–Crippen LogP) is 1.35. The largest absolute Gasteiger partial charge is 0.352 e. The Morgan fingerprint density at radius 2 is 1.69 bits per heavy atom. The van der Waals surface area contributed by atoms with Gasteiger partial charge in [0, 0.05) is 13.0 Å². The maximum absolute atomic E-state index is 11.7. The highest BCUT2D eigenvalue weighted by Crippen LogP contribution is 2.17. The summed E-state index contributed by atoms with van der Waals surface area (Å²) in [5, 5.41) is 5.61. The topological polar surface area (TPSA) is 58.2 Å². The van der Waals surface area contributed by atoms with Crippen molar-refractivity contribution in [3.63, 3.8) is 0 Å². The second-order valence-electron chi connectivity index (χ2n) is 4.62. The van der Waals surface area contributed by atoms with E-state index in [2.05, 4.69) is 10.6 Å². The third-order valence-electron chi connectivity index (χ3n) is 3.01. The number of amides is 2. The molecule has 0 heterocycles. The van der Waals surface area contributed by atoms with Gasteiger partial charge < -0.3 is 10.6 Å². The molecule has 1 rings (SSSR count). The highest BCUT2D eigenvalue weighted by atomic mass is 16.2. The Bertz CT molecular complexity index is 245. The van der Waals surface area contributed by atoms with Gasteiger partial charge >= 0.3 is 0 Å². The summed E-state index contributed by atoms with van der Waals surface area (Å²) in [5.41, 5.74) is 0. The molecule has 1 aliphatic rings. The van der Waals surface area contributed by atoms with Gasteiger partial charge in [-0.05, 0) is 19.8 Å². The maximum Gasteiger partial charge on any atom is 0.242 e. The highest BCUT2D eigenvalue weighted by molar-refractivity contribution is 5.86. The molecule has 4 heteroatoms. The number of carbonyl (C=O) groups is 2. The van der Waals surface area contributed by atoms with Crippen LogP contribution in [0.4, 0.5) is 0 Å². The van der Waals surface area contributed by atoms with E-state index in [0.717, 1.165) is 12.8 Å². The van der Waals surface area contributed by atoms with Crippen molar-refractivity contribution in [1.29, 1.82) is 0 Å². The van der Waals surface area contributed by atoms with Gasteiger partial charge in [0.1, 0.15) is 6.04 Å². The summed E-state index contributed by atoms with van der Waals surface area (Å²) in [4.78, 5) is 22.5. The second kappa shape index (κ2) is 6.51. The van der Waals surface area contributed by atoms with Crippen molar-refractivity contribution < 1.29 is 9.59 Å². The monoisotopic (exact) mass is 226 g/mol. The standard InChI is InChI=1S/C12H22N2O2/c1-9(13-10(2)15)12(16)14-11-7-5-3-4-6-8-11/h9,11H,3-8H2,1-2H3,(H,13,15)(H,14,16). The van der Waals surface area contributed by atoms with Crippen molar-refractivity contribution in [3.8, 4) is 0 Å². The normalized spacial score (nSPS) is 19.6. The number of hydrogen-bond donors (Lipinski definition) is 2. The molecule has 0 aromatic carbocycles. The second-order valence-corrected chi connectivity index (χ2v) is 4.62. The summed E-state index contributed by atoms with van der Waals surface area (Å²) >= 11 is 0. The van der Waals surface area contributed by atoms with Crippen LogP contribution in [0.5, 0.6) is 0 Å². The Kier molecular flexibility index (Phi) is 5.29. The molecule has 4 nitrogen and oxygen atoms in total. The quantitative estimate of drug-likeness (QED) is 0.714. The van der Waals surface area contributed by atoms with E-state index < -0.39 is 6.04 Å². The molecule has 0 aliphatic heterocycles. The van der Waals surface area contributed by atoms with Crippen LogP contribution >= 0.6 is 0 Å². The summed E-state index contributed by atoms with van der Waals surface area (Å²) < 4.78 is 0. The Morgan fingerprint density at radius 3 is 2.19 bits per heavy atom. The van der Waals surface area contributed by atoms with Crippen molar-refractivity contribution in [2.45, 2.75) is 64.5 Å². The summed E-state index contributed by atoms with van der Waals surface area (Å²) in [7, 11) is 0. The molecule has 1 fully saturated rings. The average molecular weight is 226 g/mol. The molecular formula is C12H22N2O2. The lowest BCUT2D eigenvalue weighted by Crippen LogP contribution is -2.47. The van der Waals surface area contributed by atoms with E-state index in [1.807, 2.05) is 0 Å². The van der Waals surface area contributed by atoms with Gasteiger partial charge in [0.05, 0.1) is 0 Å². The first-order chi connectivity index (χ1) is 7.59. The fourth-order valence-electron chi connectivity index (χ4n) is 2.12. The van der Waals surface area contributed by atoms with Gasteiger partial charge in [0.2, 0.25) is 11.8 Å². The van der Waals surface area contributed by atoms with Crippen LogP contribution in [0, 0.1) is 0 Å². The lowest BCUT2D eigenvalue weighted by Gasteiger charge is -2.19. The van der Waals surface area contributed by atoms with Crippen LogP contribution in [0.3, 0.4) is 0 Å². The Morgan fingerprint density at radius 1 is 1.12 bits per heavy atom. The van der Waals surface area contributed by atoms with Crippen molar-refractivity contribution in [2.24, 2.45) is 0 Å². The molecular weight excluding hydrogens is 204 g/mol. The van der Waals surface area contributed by atoms with Crippen LogP contribution in [-0.4, -0.2) is 23.9 Å². The predicted molar refractivity (Wildman–Crippen MR) is 62.9 cm³/mol. The Labute approximate surface area is 97.2 Å². The molecule has 2 N–H and O–H groups in total. The van der Waals surface area contributed by atoms with Crippen LogP contribution in [0.25, 0.3) is 0 Å². The van der Waals surface area contributed by atoms with Crippen LogP contribution in [0.2, 0.25) is 0 Å². The van der Waals surface area contributed by atoms with Crippen molar-refractivity contribution in [3.05, 3.63) is 0 Å². The van der Waals surface area contributed by atoms with E-state index in [0.29, 0.717) is 6.04 Å². The van der Waals surface area contributed by atoms with E-state index in [9.17, 15) is 9.59 Å². The van der Waals surface area contributed by atoms with E-state index >= 15 is 0 Å². The lowest BCUT2D eigenvalue weighted by atomic mass is 10.1. The molecule has 1 aliphatic carbocycles. The van der Waals surface area contributed by atoms with Gasteiger partial charge in [-0.1, -0.05) is 25.7 Å². The SMILES string of the molecule is CC(=O)NC(C)C(=O)NC1CCCCCC1. The maximum atomic E-state index is 11.7. The van der Waals surface area contributed by atoms with Gasteiger partial charge in [-0.3, -0.25) is 9.59 Å². The molecule has 1 saturated carbocycles. The number of nitrogens with one attached hydrogen (secondary N) is 2. The van der Waals surface area contributed by atoms with Crippen LogP contribution in [-0.2, 0) is 9.59 Å². The van der Waals surface area contributed by atoms with Crippen molar-refractivity contribution >= 4 is 11.8 Å². The molecule has 2 amide bonds. The van der Waals surface area contributed by atoms with E-state index in [-0.39, 0.29) is 11.8 Å². The number of carbonyl (C=O) groups excluding carboxylic acids is 2. The molecule has 0 aromatic rings. The summed E-state index contributed by atoms with van der Waals surface area (Å²) in [6, 6.07) is -0.132. The summed E-state index contributed by atoms with van der Waals surface area (Å²) in [5.74, 6) is -0.231. The first-order valence-corrected chi connectivity index (χ1v) is 6.17. The highest BCUT2D eigenvalue weighted by Gasteiger charge is 2.18. The molecule has 0 bridgehead atoms. The third kappa shape index (κ3) is 4.64.